The lowest BCUT2D eigenvalue weighted by Crippen LogP contribution is -2.40. The van der Waals surface area contributed by atoms with Gasteiger partial charge in [-0.1, -0.05) is 37.6 Å². The fourth-order valence-corrected chi connectivity index (χ4v) is 2.85. The molecule has 1 aliphatic carbocycles. The Labute approximate surface area is 127 Å². The SMILES string of the molecule is CCc1ccc(CC(=O)NC2CCCC2CN)cc1.Cl. The van der Waals surface area contributed by atoms with Gasteiger partial charge >= 0.3 is 0 Å². The zero-order chi connectivity index (χ0) is 13.7. The summed E-state index contributed by atoms with van der Waals surface area (Å²) in [4.78, 5) is 12.0. The largest absolute Gasteiger partial charge is 0.353 e. The molecule has 0 spiro atoms. The summed E-state index contributed by atoms with van der Waals surface area (Å²) in [6, 6.07) is 8.58. The molecule has 2 unspecified atom stereocenters. The summed E-state index contributed by atoms with van der Waals surface area (Å²) in [5, 5.41) is 3.14. The summed E-state index contributed by atoms with van der Waals surface area (Å²) in [5.41, 5.74) is 8.12. The lowest BCUT2D eigenvalue weighted by Gasteiger charge is -2.19. The first-order chi connectivity index (χ1) is 9.22. The minimum atomic E-state index is 0. The molecular formula is C16H25ClN2O. The number of halogens is 1. The van der Waals surface area contributed by atoms with Crippen LogP contribution in [0.3, 0.4) is 0 Å². The molecule has 4 heteroatoms. The summed E-state index contributed by atoms with van der Waals surface area (Å²) < 4.78 is 0. The van der Waals surface area contributed by atoms with Gasteiger partial charge in [-0.3, -0.25) is 4.79 Å². The average molecular weight is 297 g/mol. The van der Waals surface area contributed by atoms with Crippen LogP contribution in [0.4, 0.5) is 0 Å². The van der Waals surface area contributed by atoms with Gasteiger partial charge in [0.1, 0.15) is 0 Å². The highest BCUT2D eigenvalue weighted by Crippen LogP contribution is 2.24. The Balaban J connectivity index is 0.00000200. The van der Waals surface area contributed by atoms with Crippen LogP contribution in [0.5, 0.6) is 0 Å². The number of carbonyl (C=O) groups excluding carboxylic acids is 1. The van der Waals surface area contributed by atoms with Crippen molar-refractivity contribution in [3.63, 3.8) is 0 Å². The highest BCUT2D eigenvalue weighted by molar-refractivity contribution is 5.85. The summed E-state index contributed by atoms with van der Waals surface area (Å²) in [6.07, 6.45) is 4.90. The molecule has 3 nitrogen and oxygen atoms in total. The van der Waals surface area contributed by atoms with Crippen molar-refractivity contribution < 1.29 is 4.79 Å². The van der Waals surface area contributed by atoms with Crippen molar-refractivity contribution in [1.29, 1.82) is 0 Å². The van der Waals surface area contributed by atoms with Crippen LogP contribution in [0.15, 0.2) is 24.3 Å². The lowest BCUT2D eigenvalue weighted by molar-refractivity contribution is -0.121. The summed E-state index contributed by atoms with van der Waals surface area (Å²) in [6.45, 7) is 2.81. The molecule has 1 aliphatic rings. The Kier molecular flexibility index (Phi) is 7.03. The Hall–Kier alpha value is -1.06. The van der Waals surface area contributed by atoms with Gasteiger partial charge in [-0.25, -0.2) is 0 Å². The minimum Gasteiger partial charge on any atom is -0.353 e. The standard InChI is InChI=1S/C16H24N2O.ClH/c1-2-12-6-8-13(9-7-12)10-16(19)18-15-5-3-4-14(15)11-17;/h6-9,14-15H,2-5,10-11,17H2,1H3,(H,18,19);1H. The number of rotatable bonds is 5. The molecule has 1 fully saturated rings. The van der Waals surface area contributed by atoms with Gasteiger partial charge in [0.25, 0.3) is 0 Å². The van der Waals surface area contributed by atoms with Gasteiger partial charge in [0.05, 0.1) is 6.42 Å². The normalized spacial score (nSPS) is 21.3. The zero-order valence-corrected chi connectivity index (χ0v) is 12.9. The quantitative estimate of drug-likeness (QED) is 0.877. The molecular weight excluding hydrogens is 272 g/mol. The monoisotopic (exact) mass is 296 g/mol. The van der Waals surface area contributed by atoms with E-state index in [1.807, 2.05) is 12.1 Å². The fourth-order valence-electron chi connectivity index (χ4n) is 2.85. The van der Waals surface area contributed by atoms with E-state index in [0.717, 1.165) is 24.8 Å². The van der Waals surface area contributed by atoms with Crippen molar-refractivity contribution in [3.05, 3.63) is 35.4 Å². The number of hydrogen-bond acceptors (Lipinski definition) is 2. The maximum absolute atomic E-state index is 12.0. The van der Waals surface area contributed by atoms with Crippen LogP contribution < -0.4 is 11.1 Å². The minimum absolute atomic E-state index is 0. The second-order valence-corrected chi connectivity index (χ2v) is 5.45. The number of carbonyl (C=O) groups is 1. The number of aryl methyl sites for hydroxylation is 1. The van der Waals surface area contributed by atoms with Crippen molar-refractivity contribution in [2.75, 3.05) is 6.54 Å². The first-order valence-corrected chi connectivity index (χ1v) is 7.30. The second kappa shape index (κ2) is 8.28. The van der Waals surface area contributed by atoms with Gasteiger partial charge in [-0.15, -0.1) is 12.4 Å². The van der Waals surface area contributed by atoms with E-state index in [1.54, 1.807) is 0 Å². The van der Waals surface area contributed by atoms with E-state index in [2.05, 4.69) is 24.4 Å². The predicted molar refractivity (Wildman–Crippen MR) is 85.1 cm³/mol. The zero-order valence-electron chi connectivity index (χ0n) is 12.1. The molecule has 1 amide bonds. The molecule has 1 aromatic carbocycles. The van der Waals surface area contributed by atoms with Crippen molar-refractivity contribution in [2.24, 2.45) is 11.7 Å². The first kappa shape index (κ1) is 17.0. The van der Waals surface area contributed by atoms with Gasteiger partial charge in [-0.2, -0.15) is 0 Å². The van der Waals surface area contributed by atoms with Crippen molar-refractivity contribution >= 4 is 18.3 Å². The number of hydrogen-bond donors (Lipinski definition) is 2. The van der Waals surface area contributed by atoms with E-state index < -0.39 is 0 Å². The topological polar surface area (TPSA) is 55.1 Å². The Morgan fingerprint density at radius 1 is 1.25 bits per heavy atom. The van der Waals surface area contributed by atoms with E-state index in [1.165, 1.54) is 12.0 Å². The molecule has 0 bridgehead atoms. The third kappa shape index (κ3) is 4.50. The van der Waals surface area contributed by atoms with Crippen LogP contribution in [-0.2, 0) is 17.6 Å². The molecule has 20 heavy (non-hydrogen) atoms. The summed E-state index contributed by atoms with van der Waals surface area (Å²) in [5.74, 6) is 0.584. The third-order valence-electron chi connectivity index (χ3n) is 4.10. The van der Waals surface area contributed by atoms with Crippen molar-refractivity contribution in [1.82, 2.24) is 5.32 Å². The van der Waals surface area contributed by atoms with E-state index >= 15 is 0 Å². The Morgan fingerprint density at radius 3 is 2.50 bits per heavy atom. The summed E-state index contributed by atoms with van der Waals surface area (Å²) in [7, 11) is 0. The first-order valence-electron chi connectivity index (χ1n) is 7.30. The van der Waals surface area contributed by atoms with Gasteiger partial charge in [0.15, 0.2) is 0 Å². The highest BCUT2D eigenvalue weighted by Gasteiger charge is 2.27. The molecule has 1 saturated carbocycles. The van der Waals surface area contributed by atoms with Crippen molar-refractivity contribution in [3.8, 4) is 0 Å². The average Bonchev–Trinajstić information content (AvgIpc) is 2.86. The molecule has 0 saturated heterocycles. The van der Waals surface area contributed by atoms with Gasteiger partial charge in [0.2, 0.25) is 5.91 Å². The number of nitrogens with two attached hydrogens (primary N) is 1. The smallest absolute Gasteiger partial charge is 0.224 e. The molecule has 0 aliphatic heterocycles. The van der Waals surface area contributed by atoms with Crippen LogP contribution in [0.2, 0.25) is 0 Å². The lowest BCUT2D eigenvalue weighted by atomic mass is 10.0. The van der Waals surface area contributed by atoms with E-state index in [-0.39, 0.29) is 24.4 Å². The maximum atomic E-state index is 12.0. The molecule has 1 aromatic rings. The molecule has 3 N–H and O–H groups in total. The van der Waals surface area contributed by atoms with Gasteiger partial charge in [-0.05, 0) is 42.9 Å². The summed E-state index contributed by atoms with van der Waals surface area (Å²) >= 11 is 0. The molecule has 0 heterocycles. The molecule has 0 aromatic heterocycles. The number of benzene rings is 1. The van der Waals surface area contributed by atoms with E-state index in [0.29, 0.717) is 18.9 Å². The van der Waals surface area contributed by atoms with Crippen molar-refractivity contribution in [2.45, 2.75) is 45.1 Å². The fraction of sp³-hybridized carbons (Fsp3) is 0.562. The number of nitrogens with one attached hydrogen (secondary N) is 1. The Bertz CT molecular complexity index is 419. The Morgan fingerprint density at radius 2 is 1.90 bits per heavy atom. The van der Waals surface area contributed by atoms with E-state index in [9.17, 15) is 4.79 Å². The number of amides is 1. The van der Waals surface area contributed by atoms with Crippen LogP contribution in [0.1, 0.15) is 37.3 Å². The maximum Gasteiger partial charge on any atom is 0.224 e. The molecule has 112 valence electrons. The molecule has 2 rings (SSSR count). The van der Waals surface area contributed by atoms with Crippen LogP contribution in [0, 0.1) is 5.92 Å². The van der Waals surface area contributed by atoms with Gasteiger partial charge in [0, 0.05) is 6.04 Å². The molecule has 2 atom stereocenters. The van der Waals surface area contributed by atoms with Crippen LogP contribution >= 0.6 is 12.4 Å². The third-order valence-corrected chi connectivity index (χ3v) is 4.10. The van der Waals surface area contributed by atoms with E-state index in [4.69, 9.17) is 5.73 Å². The predicted octanol–water partition coefficient (Wildman–Crippen LogP) is 2.46. The van der Waals surface area contributed by atoms with Gasteiger partial charge < -0.3 is 11.1 Å². The molecule has 0 radical (unpaired) electrons. The van der Waals surface area contributed by atoms with Crippen LogP contribution in [0.25, 0.3) is 0 Å². The van der Waals surface area contributed by atoms with Crippen LogP contribution in [-0.4, -0.2) is 18.5 Å². The highest BCUT2D eigenvalue weighted by atomic mass is 35.5. The second-order valence-electron chi connectivity index (χ2n) is 5.45.